The van der Waals surface area contributed by atoms with Gasteiger partial charge in [0.15, 0.2) is 0 Å². The van der Waals surface area contributed by atoms with Crippen LogP contribution in [0.5, 0.6) is 0 Å². The van der Waals surface area contributed by atoms with Crippen molar-refractivity contribution in [1.29, 1.82) is 0 Å². The zero-order valence-corrected chi connectivity index (χ0v) is 7.80. The van der Waals surface area contributed by atoms with Crippen molar-refractivity contribution in [2.75, 3.05) is 0 Å². The van der Waals surface area contributed by atoms with Gasteiger partial charge in [-0.15, -0.1) is 0 Å². The number of benzene rings is 1. The van der Waals surface area contributed by atoms with Crippen LogP contribution in [0.1, 0.15) is 15.9 Å². The van der Waals surface area contributed by atoms with Crippen LogP contribution in [-0.4, -0.2) is 11.1 Å². The summed E-state index contributed by atoms with van der Waals surface area (Å²) in [6, 6.07) is 3.32. The first kappa shape index (κ1) is 12.8. The summed E-state index contributed by atoms with van der Waals surface area (Å²) >= 11 is 0. The Balaban J connectivity index is 0.00000169. The van der Waals surface area contributed by atoms with Crippen molar-refractivity contribution in [1.82, 2.24) is 0 Å². The minimum absolute atomic E-state index is 0. The largest absolute Gasteiger partial charge is 0.478 e. The van der Waals surface area contributed by atoms with Crippen LogP contribution in [0.15, 0.2) is 24.3 Å². The second-order valence-corrected chi connectivity index (χ2v) is 2.38. The highest BCUT2D eigenvalue weighted by Crippen LogP contribution is 2.28. The van der Waals surface area contributed by atoms with E-state index in [2.05, 4.69) is 0 Å². The fraction of sp³-hybridized carbons (Fsp3) is 0.125. The van der Waals surface area contributed by atoms with E-state index in [0.29, 0.717) is 0 Å². The van der Waals surface area contributed by atoms with Gasteiger partial charge in [-0.2, -0.15) is 26.7 Å². The maximum atomic E-state index is 12.0. The molecule has 0 amide bonds. The van der Waals surface area contributed by atoms with Gasteiger partial charge in [-0.1, -0.05) is 0 Å². The normalized spacial score (nSPS) is 10.5. The van der Waals surface area contributed by atoms with Gasteiger partial charge in [0, 0.05) is 0 Å². The Hall–Kier alpha value is -1.17. The van der Waals surface area contributed by atoms with Crippen molar-refractivity contribution in [3.8, 4) is 0 Å². The van der Waals surface area contributed by atoms with Gasteiger partial charge in [0.25, 0.3) is 0 Å². The Morgan fingerprint density at radius 3 is 1.86 bits per heavy atom. The van der Waals surface area contributed by atoms with E-state index in [4.69, 9.17) is 5.11 Å². The molecule has 0 atom stereocenters. The first-order valence-corrected chi connectivity index (χ1v) is 3.32. The molecule has 78 valence electrons. The number of rotatable bonds is 1. The monoisotopic (exact) mass is 224 g/mol. The van der Waals surface area contributed by atoms with Crippen LogP contribution in [0.4, 0.5) is 13.2 Å². The molecule has 14 heavy (non-hydrogen) atoms. The molecule has 0 spiro atoms. The van der Waals surface area contributed by atoms with Crippen LogP contribution in [0.25, 0.3) is 0 Å². The van der Waals surface area contributed by atoms with Crippen LogP contribution in [0, 0.1) is 0 Å². The predicted molar refractivity (Wildman–Crippen MR) is 48.8 cm³/mol. The Morgan fingerprint density at radius 2 is 1.57 bits per heavy atom. The van der Waals surface area contributed by atoms with E-state index >= 15 is 0 Å². The van der Waals surface area contributed by atoms with Crippen LogP contribution in [0.3, 0.4) is 0 Å². The molecule has 0 saturated heterocycles. The summed E-state index contributed by atoms with van der Waals surface area (Å²) in [4.78, 5) is 10.3. The number of carboxylic acids is 1. The molecule has 0 radical (unpaired) electrons. The smallest absolute Gasteiger partial charge is 0.416 e. The standard InChI is InChI=1S/C8H5F3O2.H2S/c9-8(10,11)6-3-1-5(2-4-6)7(12)13;/h1-4H,(H,12,13);1H2. The number of carboxylic acid groups (broad SMARTS) is 1. The third-order valence-electron chi connectivity index (χ3n) is 1.46. The van der Waals surface area contributed by atoms with Crippen molar-refractivity contribution in [2.24, 2.45) is 0 Å². The van der Waals surface area contributed by atoms with Crippen LogP contribution >= 0.6 is 13.5 Å². The molecule has 0 aliphatic heterocycles. The van der Waals surface area contributed by atoms with E-state index in [9.17, 15) is 18.0 Å². The lowest BCUT2D eigenvalue weighted by Gasteiger charge is -2.05. The maximum Gasteiger partial charge on any atom is 0.416 e. The summed E-state index contributed by atoms with van der Waals surface area (Å²) < 4.78 is 35.9. The van der Waals surface area contributed by atoms with Gasteiger partial charge in [0.2, 0.25) is 0 Å². The van der Waals surface area contributed by atoms with E-state index in [0.717, 1.165) is 24.3 Å². The van der Waals surface area contributed by atoms with Crippen molar-refractivity contribution in [3.05, 3.63) is 35.4 Å². The molecule has 0 heterocycles. The van der Waals surface area contributed by atoms with E-state index in [1.807, 2.05) is 0 Å². The summed E-state index contributed by atoms with van der Waals surface area (Å²) in [5.41, 5.74) is -1.01. The van der Waals surface area contributed by atoms with E-state index in [1.165, 1.54) is 0 Å². The molecule has 1 rings (SSSR count). The van der Waals surface area contributed by atoms with Crippen molar-refractivity contribution in [2.45, 2.75) is 6.18 Å². The third-order valence-corrected chi connectivity index (χ3v) is 1.46. The molecule has 0 aliphatic carbocycles. The summed E-state index contributed by atoms with van der Waals surface area (Å²) in [6.45, 7) is 0. The third kappa shape index (κ3) is 2.95. The second-order valence-electron chi connectivity index (χ2n) is 2.38. The Kier molecular flexibility index (Phi) is 4.00. The van der Waals surface area contributed by atoms with Gasteiger partial charge in [-0.25, -0.2) is 4.79 Å². The highest BCUT2D eigenvalue weighted by molar-refractivity contribution is 7.59. The van der Waals surface area contributed by atoms with Gasteiger partial charge in [0.05, 0.1) is 11.1 Å². The molecular formula is C8H7F3O2S. The molecule has 2 nitrogen and oxygen atoms in total. The highest BCUT2D eigenvalue weighted by Gasteiger charge is 2.30. The number of halogens is 3. The van der Waals surface area contributed by atoms with Gasteiger partial charge in [0.1, 0.15) is 0 Å². The lowest BCUT2D eigenvalue weighted by atomic mass is 10.1. The van der Waals surface area contributed by atoms with Crippen molar-refractivity contribution < 1.29 is 23.1 Å². The topological polar surface area (TPSA) is 37.3 Å². The first-order chi connectivity index (χ1) is 5.91. The highest BCUT2D eigenvalue weighted by atomic mass is 32.1. The molecule has 1 N–H and O–H groups in total. The molecule has 0 bridgehead atoms. The van der Waals surface area contributed by atoms with Crippen LogP contribution in [-0.2, 0) is 6.18 Å². The molecule has 0 aliphatic rings. The SMILES string of the molecule is O=C(O)c1ccc(C(F)(F)F)cc1.S. The summed E-state index contributed by atoms with van der Waals surface area (Å²) in [5.74, 6) is -1.24. The lowest BCUT2D eigenvalue weighted by Crippen LogP contribution is -2.05. The Labute approximate surface area is 84.8 Å². The van der Waals surface area contributed by atoms with Gasteiger partial charge >= 0.3 is 12.1 Å². The van der Waals surface area contributed by atoms with Gasteiger partial charge in [-0.05, 0) is 24.3 Å². The zero-order chi connectivity index (χ0) is 10.1. The average molecular weight is 224 g/mol. The Morgan fingerprint density at radius 1 is 1.14 bits per heavy atom. The Bertz CT molecular complexity index is 318. The number of hydrogen-bond acceptors (Lipinski definition) is 1. The number of aromatic carboxylic acids is 1. The van der Waals surface area contributed by atoms with Crippen LogP contribution in [0.2, 0.25) is 0 Å². The minimum Gasteiger partial charge on any atom is -0.478 e. The quantitative estimate of drug-likeness (QED) is 0.795. The number of alkyl halides is 3. The maximum absolute atomic E-state index is 12.0. The molecule has 0 fully saturated rings. The van der Waals surface area contributed by atoms with E-state index in [-0.39, 0.29) is 19.1 Å². The average Bonchev–Trinajstić information content (AvgIpc) is 2.03. The van der Waals surface area contributed by atoms with E-state index < -0.39 is 17.7 Å². The van der Waals surface area contributed by atoms with Crippen molar-refractivity contribution in [3.63, 3.8) is 0 Å². The first-order valence-electron chi connectivity index (χ1n) is 3.32. The molecule has 1 aromatic rings. The van der Waals surface area contributed by atoms with E-state index in [1.54, 1.807) is 0 Å². The summed E-state index contributed by atoms with van der Waals surface area (Å²) in [6.07, 6.45) is -4.42. The van der Waals surface area contributed by atoms with Crippen molar-refractivity contribution >= 4 is 19.5 Å². The summed E-state index contributed by atoms with van der Waals surface area (Å²) in [7, 11) is 0. The van der Waals surface area contributed by atoms with Gasteiger partial charge < -0.3 is 5.11 Å². The second kappa shape index (κ2) is 4.36. The number of hydrogen-bond donors (Lipinski definition) is 1. The fourth-order valence-corrected chi connectivity index (χ4v) is 0.802. The predicted octanol–water partition coefficient (Wildman–Crippen LogP) is 2.52. The zero-order valence-electron chi connectivity index (χ0n) is 6.80. The molecule has 6 heteroatoms. The molecule has 1 aromatic carbocycles. The summed E-state index contributed by atoms with van der Waals surface area (Å²) in [5, 5.41) is 8.40. The molecular weight excluding hydrogens is 217 g/mol. The minimum atomic E-state index is -4.42. The lowest BCUT2D eigenvalue weighted by molar-refractivity contribution is -0.137. The fourth-order valence-electron chi connectivity index (χ4n) is 0.802. The molecule has 0 aromatic heterocycles. The molecule has 0 saturated carbocycles. The molecule has 0 unspecified atom stereocenters. The van der Waals surface area contributed by atoms with Crippen LogP contribution < -0.4 is 0 Å². The number of carbonyl (C=O) groups is 1. The van der Waals surface area contributed by atoms with Gasteiger partial charge in [-0.3, -0.25) is 0 Å².